The van der Waals surface area contributed by atoms with E-state index >= 15 is 0 Å². The zero-order chi connectivity index (χ0) is 8.10. The summed E-state index contributed by atoms with van der Waals surface area (Å²) in [5.41, 5.74) is 0. The number of hydrogen-bond donors (Lipinski definition) is 1. The minimum atomic E-state index is 0.757. The molecule has 0 aromatic rings. The molecular formula is C9H19NS. The summed E-state index contributed by atoms with van der Waals surface area (Å²) in [4.78, 5) is 2.60. The molecule has 0 aliphatic carbocycles. The van der Waals surface area contributed by atoms with Crippen LogP contribution in [0.5, 0.6) is 0 Å². The van der Waals surface area contributed by atoms with Crippen LogP contribution in [0.25, 0.3) is 0 Å². The van der Waals surface area contributed by atoms with E-state index in [-0.39, 0.29) is 0 Å². The fourth-order valence-corrected chi connectivity index (χ4v) is 2.10. The second-order valence-electron chi connectivity index (χ2n) is 3.46. The number of hydrogen-bond acceptors (Lipinski definition) is 2. The highest BCUT2D eigenvalue weighted by Crippen LogP contribution is 2.13. The van der Waals surface area contributed by atoms with Gasteiger partial charge in [0.2, 0.25) is 0 Å². The van der Waals surface area contributed by atoms with E-state index < -0.39 is 0 Å². The van der Waals surface area contributed by atoms with Crippen molar-refractivity contribution in [3.8, 4) is 0 Å². The third-order valence-corrected chi connectivity index (χ3v) is 2.82. The molecule has 1 unspecified atom stereocenters. The van der Waals surface area contributed by atoms with Crippen LogP contribution in [0.3, 0.4) is 0 Å². The van der Waals surface area contributed by atoms with Crippen LogP contribution in [0, 0.1) is 0 Å². The maximum atomic E-state index is 4.25. The third-order valence-electron chi connectivity index (χ3n) is 2.56. The lowest BCUT2D eigenvalue weighted by Gasteiger charge is -2.32. The van der Waals surface area contributed by atoms with Crippen molar-refractivity contribution in [2.45, 2.75) is 38.6 Å². The quantitative estimate of drug-likeness (QED) is 0.640. The molecule has 1 atom stereocenters. The number of likely N-dealkylation sites (tertiary alicyclic amines) is 1. The lowest BCUT2D eigenvalue weighted by atomic mass is 10.1. The third kappa shape index (κ3) is 3.04. The molecule has 1 nitrogen and oxygen atoms in total. The van der Waals surface area contributed by atoms with E-state index in [0.717, 1.165) is 11.8 Å². The van der Waals surface area contributed by atoms with Gasteiger partial charge in [-0.1, -0.05) is 6.42 Å². The second-order valence-corrected chi connectivity index (χ2v) is 3.91. The Bertz CT molecular complexity index is 99.7. The predicted octanol–water partition coefficient (Wildman–Crippen LogP) is 2.18. The van der Waals surface area contributed by atoms with E-state index in [0.29, 0.717) is 0 Å². The molecule has 66 valence electrons. The van der Waals surface area contributed by atoms with Gasteiger partial charge in [-0.25, -0.2) is 0 Å². The minimum absolute atomic E-state index is 0.757. The Hall–Kier alpha value is 0.310. The lowest BCUT2D eigenvalue weighted by Crippen LogP contribution is -2.37. The molecule has 2 heteroatoms. The monoisotopic (exact) mass is 173 g/mol. The number of piperidine rings is 1. The van der Waals surface area contributed by atoms with Crippen LogP contribution in [0.15, 0.2) is 0 Å². The molecule has 0 spiro atoms. The topological polar surface area (TPSA) is 3.24 Å². The first kappa shape index (κ1) is 9.40. The summed E-state index contributed by atoms with van der Waals surface area (Å²) >= 11 is 4.25. The lowest BCUT2D eigenvalue weighted by molar-refractivity contribution is 0.171. The van der Waals surface area contributed by atoms with Gasteiger partial charge in [0.15, 0.2) is 0 Å². The van der Waals surface area contributed by atoms with Crippen molar-refractivity contribution in [2.24, 2.45) is 0 Å². The van der Waals surface area contributed by atoms with E-state index in [9.17, 15) is 0 Å². The van der Waals surface area contributed by atoms with Gasteiger partial charge in [-0.2, -0.15) is 12.6 Å². The maximum Gasteiger partial charge on any atom is 0.00746 e. The highest BCUT2D eigenvalue weighted by atomic mass is 32.1. The van der Waals surface area contributed by atoms with E-state index in [1.54, 1.807) is 0 Å². The summed E-state index contributed by atoms with van der Waals surface area (Å²) in [7, 11) is 0. The molecule has 0 bridgehead atoms. The van der Waals surface area contributed by atoms with E-state index in [2.05, 4.69) is 24.5 Å². The molecule has 0 aromatic carbocycles. The molecular weight excluding hydrogens is 154 g/mol. The number of nitrogens with zero attached hydrogens (tertiary/aromatic N) is 1. The molecule has 11 heavy (non-hydrogen) atoms. The Morgan fingerprint density at radius 1 is 1.27 bits per heavy atom. The first-order valence-electron chi connectivity index (χ1n) is 4.69. The van der Waals surface area contributed by atoms with Crippen LogP contribution in [-0.4, -0.2) is 29.8 Å². The Kier molecular flexibility index (Phi) is 4.31. The fourth-order valence-electron chi connectivity index (χ4n) is 1.73. The van der Waals surface area contributed by atoms with Crippen molar-refractivity contribution in [1.82, 2.24) is 4.90 Å². The molecule has 1 heterocycles. The first-order chi connectivity index (χ1) is 5.34. The molecule has 0 radical (unpaired) electrons. The molecule has 1 rings (SSSR count). The summed E-state index contributed by atoms with van der Waals surface area (Å²) in [6.07, 6.45) is 5.47. The van der Waals surface area contributed by atoms with Gasteiger partial charge in [0, 0.05) is 6.04 Å². The molecule has 0 N–H and O–H groups in total. The van der Waals surface area contributed by atoms with Crippen molar-refractivity contribution in [3.63, 3.8) is 0 Å². The zero-order valence-electron chi connectivity index (χ0n) is 7.42. The smallest absolute Gasteiger partial charge is 0.00746 e. The van der Waals surface area contributed by atoms with Gasteiger partial charge in [-0.05, 0) is 45.0 Å². The van der Waals surface area contributed by atoms with Crippen LogP contribution in [0.4, 0.5) is 0 Å². The molecule has 0 saturated carbocycles. The Morgan fingerprint density at radius 2 is 1.91 bits per heavy atom. The van der Waals surface area contributed by atoms with Crippen LogP contribution in [0.1, 0.15) is 32.6 Å². The molecule has 1 aliphatic heterocycles. The van der Waals surface area contributed by atoms with Crippen molar-refractivity contribution in [3.05, 3.63) is 0 Å². The van der Waals surface area contributed by atoms with E-state index in [1.165, 1.54) is 38.8 Å². The van der Waals surface area contributed by atoms with Crippen LogP contribution >= 0.6 is 12.6 Å². The normalized spacial score (nSPS) is 23.5. The van der Waals surface area contributed by atoms with Crippen molar-refractivity contribution >= 4 is 12.6 Å². The van der Waals surface area contributed by atoms with Gasteiger partial charge in [-0.15, -0.1) is 0 Å². The highest BCUT2D eigenvalue weighted by Gasteiger charge is 2.15. The SMILES string of the molecule is CC(CCS)N1CCCCC1. The fraction of sp³-hybridized carbons (Fsp3) is 1.00. The maximum absolute atomic E-state index is 4.25. The van der Waals surface area contributed by atoms with E-state index in [1.807, 2.05) is 0 Å². The second kappa shape index (κ2) is 5.04. The molecule has 1 aliphatic rings. The molecule has 0 aromatic heterocycles. The van der Waals surface area contributed by atoms with Gasteiger partial charge < -0.3 is 4.90 Å². The van der Waals surface area contributed by atoms with Gasteiger partial charge in [0.05, 0.1) is 0 Å². The van der Waals surface area contributed by atoms with Crippen molar-refractivity contribution in [1.29, 1.82) is 0 Å². The van der Waals surface area contributed by atoms with E-state index in [4.69, 9.17) is 0 Å². The standard InChI is InChI=1S/C9H19NS/c1-9(5-8-11)10-6-3-2-4-7-10/h9,11H,2-8H2,1H3. The number of rotatable bonds is 3. The molecule has 1 fully saturated rings. The molecule has 1 saturated heterocycles. The Balaban J connectivity index is 2.21. The summed E-state index contributed by atoms with van der Waals surface area (Å²) in [5, 5.41) is 0. The number of thiol groups is 1. The molecule has 0 amide bonds. The first-order valence-corrected chi connectivity index (χ1v) is 5.32. The largest absolute Gasteiger partial charge is 0.301 e. The average Bonchev–Trinajstić information content (AvgIpc) is 2.07. The Morgan fingerprint density at radius 3 is 2.45 bits per heavy atom. The highest BCUT2D eigenvalue weighted by molar-refractivity contribution is 7.80. The summed E-state index contributed by atoms with van der Waals surface area (Å²) < 4.78 is 0. The minimum Gasteiger partial charge on any atom is -0.301 e. The average molecular weight is 173 g/mol. The van der Waals surface area contributed by atoms with Crippen molar-refractivity contribution in [2.75, 3.05) is 18.8 Å². The van der Waals surface area contributed by atoms with Crippen LogP contribution < -0.4 is 0 Å². The van der Waals surface area contributed by atoms with Crippen molar-refractivity contribution < 1.29 is 0 Å². The van der Waals surface area contributed by atoms with Gasteiger partial charge in [0.25, 0.3) is 0 Å². The Labute approximate surface area is 75.6 Å². The summed E-state index contributed by atoms with van der Waals surface area (Å²) in [5.74, 6) is 1.03. The van der Waals surface area contributed by atoms with Crippen LogP contribution in [-0.2, 0) is 0 Å². The van der Waals surface area contributed by atoms with Gasteiger partial charge in [0.1, 0.15) is 0 Å². The predicted molar refractivity (Wildman–Crippen MR) is 53.4 cm³/mol. The van der Waals surface area contributed by atoms with Gasteiger partial charge in [-0.3, -0.25) is 0 Å². The van der Waals surface area contributed by atoms with Crippen LogP contribution in [0.2, 0.25) is 0 Å². The summed E-state index contributed by atoms with van der Waals surface area (Å²) in [6, 6.07) is 0.757. The summed E-state index contributed by atoms with van der Waals surface area (Å²) in [6.45, 7) is 4.95. The van der Waals surface area contributed by atoms with Gasteiger partial charge >= 0.3 is 0 Å². The zero-order valence-corrected chi connectivity index (χ0v) is 8.32.